The molecule has 0 aliphatic heterocycles. The molecule has 3 aromatic rings. The lowest BCUT2D eigenvalue weighted by molar-refractivity contribution is 0.830. The smallest absolute Gasteiger partial charge is 0.0824 e. The molecule has 3 rings (SSSR count). The fourth-order valence-corrected chi connectivity index (χ4v) is 7.31. The molecule has 0 aliphatic rings. The predicted molar refractivity (Wildman–Crippen MR) is 114 cm³/mol. The van der Waals surface area contributed by atoms with Crippen LogP contribution in [-0.2, 0) is 0 Å². The minimum Gasteiger partial charge on any atom is -0.0824 e. The summed E-state index contributed by atoms with van der Waals surface area (Å²) in [6.07, 6.45) is 5.79. The van der Waals surface area contributed by atoms with Crippen molar-refractivity contribution in [2.24, 2.45) is 5.92 Å². The zero-order valence-corrected chi connectivity index (χ0v) is 15.9. The van der Waals surface area contributed by atoms with Crippen molar-refractivity contribution in [1.29, 1.82) is 0 Å². The standard InChI is InChI=1S/C24H26P/c1-21(2)13-12-20-25(22-14-6-3-7-15-22,23-16-8-4-9-17-23)24-18-10-5-11-19-24/h3-19,21H,20H2,1-2H3/q+1/b13-12+. The molecular formula is C24H26P+. The largest absolute Gasteiger partial charge is 0.115 e. The Bertz CT molecular complexity index is 693. The molecule has 0 aromatic heterocycles. The van der Waals surface area contributed by atoms with Crippen LogP contribution in [0.1, 0.15) is 13.8 Å². The minimum absolute atomic E-state index is 0.573. The van der Waals surface area contributed by atoms with Crippen LogP contribution >= 0.6 is 7.26 Å². The summed E-state index contributed by atoms with van der Waals surface area (Å²) in [6.45, 7) is 4.48. The van der Waals surface area contributed by atoms with Gasteiger partial charge in [-0.15, -0.1) is 0 Å². The second kappa shape index (κ2) is 8.28. The van der Waals surface area contributed by atoms with E-state index in [2.05, 4.69) is 117 Å². The quantitative estimate of drug-likeness (QED) is 0.426. The fraction of sp³-hybridized carbons (Fsp3) is 0.167. The Morgan fingerprint density at radius 1 is 0.640 bits per heavy atom. The summed E-state index contributed by atoms with van der Waals surface area (Å²) in [7, 11) is -1.70. The van der Waals surface area contributed by atoms with Gasteiger partial charge in [0.2, 0.25) is 0 Å². The lowest BCUT2D eigenvalue weighted by Gasteiger charge is -2.26. The van der Waals surface area contributed by atoms with Crippen LogP contribution in [0.3, 0.4) is 0 Å². The average Bonchev–Trinajstić information content (AvgIpc) is 2.67. The van der Waals surface area contributed by atoms with Crippen LogP contribution in [0.5, 0.6) is 0 Å². The van der Waals surface area contributed by atoms with E-state index >= 15 is 0 Å². The summed E-state index contributed by atoms with van der Waals surface area (Å²) in [6, 6.07) is 33.2. The Morgan fingerprint density at radius 2 is 1.00 bits per heavy atom. The summed E-state index contributed by atoms with van der Waals surface area (Å²) < 4.78 is 0. The van der Waals surface area contributed by atoms with Crippen molar-refractivity contribution in [2.45, 2.75) is 13.8 Å². The van der Waals surface area contributed by atoms with E-state index in [1.54, 1.807) is 0 Å². The topological polar surface area (TPSA) is 0 Å². The molecule has 0 unspecified atom stereocenters. The van der Waals surface area contributed by atoms with Gasteiger partial charge in [-0.25, -0.2) is 0 Å². The van der Waals surface area contributed by atoms with Gasteiger partial charge >= 0.3 is 0 Å². The normalized spacial score (nSPS) is 12.0. The maximum Gasteiger partial charge on any atom is 0.115 e. The highest BCUT2D eigenvalue weighted by atomic mass is 31.2. The molecule has 0 amide bonds. The summed E-state index contributed by atoms with van der Waals surface area (Å²) in [5, 5.41) is 4.34. The molecule has 126 valence electrons. The van der Waals surface area contributed by atoms with Crippen molar-refractivity contribution in [3.8, 4) is 0 Å². The maximum absolute atomic E-state index is 2.39. The molecule has 0 spiro atoms. The minimum atomic E-state index is -1.70. The van der Waals surface area contributed by atoms with Crippen LogP contribution in [0.25, 0.3) is 0 Å². The molecule has 1 heteroatoms. The zero-order valence-electron chi connectivity index (χ0n) is 15.0. The highest BCUT2D eigenvalue weighted by Crippen LogP contribution is 2.55. The van der Waals surface area contributed by atoms with Crippen LogP contribution in [0, 0.1) is 5.92 Å². The molecule has 25 heavy (non-hydrogen) atoms. The Morgan fingerprint density at radius 3 is 1.32 bits per heavy atom. The number of benzene rings is 3. The van der Waals surface area contributed by atoms with Crippen LogP contribution in [0.15, 0.2) is 103 Å². The van der Waals surface area contributed by atoms with E-state index in [0.29, 0.717) is 5.92 Å². The maximum atomic E-state index is 2.39. The summed E-state index contributed by atoms with van der Waals surface area (Å²) >= 11 is 0. The van der Waals surface area contributed by atoms with Crippen LogP contribution < -0.4 is 15.9 Å². The summed E-state index contributed by atoms with van der Waals surface area (Å²) in [5.74, 6) is 0.573. The lowest BCUT2D eigenvalue weighted by Crippen LogP contribution is -2.32. The van der Waals surface area contributed by atoms with Crippen molar-refractivity contribution in [2.75, 3.05) is 6.16 Å². The second-order valence-electron chi connectivity index (χ2n) is 6.67. The molecule has 0 saturated heterocycles. The zero-order chi connectivity index (χ0) is 17.5. The van der Waals surface area contributed by atoms with Crippen LogP contribution in [0.4, 0.5) is 0 Å². The van der Waals surface area contributed by atoms with E-state index in [1.807, 2.05) is 0 Å². The van der Waals surface area contributed by atoms with Crippen molar-refractivity contribution < 1.29 is 0 Å². The molecule has 0 N–H and O–H groups in total. The van der Waals surface area contributed by atoms with Gasteiger partial charge in [0, 0.05) is 0 Å². The molecule has 0 nitrogen and oxygen atoms in total. The molecule has 0 heterocycles. The third kappa shape index (κ3) is 3.91. The van der Waals surface area contributed by atoms with Crippen molar-refractivity contribution in [1.82, 2.24) is 0 Å². The van der Waals surface area contributed by atoms with Crippen molar-refractivity contribution in [3.05, 3.63) is 103 Å². The third-order valence-electron chi connectivity index (χ3n) is 4.49. The SMILES string of the molecule is CC(C)/C=C/C[P+](c1ccccc1)(c1ccccc1)c1ccccc1. The van der Waals surface area contributed by atoms with E-state index < -0.39 is 7.26 Å². The summed E-state index contributed by atoms with van der Waals surface area (Å²) in [5.41, 5.74) is 0. The van der Waals surface area contributed by atoms with Gasteiger partial charge in [-0.05, 0) is 42.3 Å². The third-order valence-corrected chi connectivity index (χ3v) is 8.79. The van der Waals surface area contributed by atoms with Gasteiger partial charge in [-0.1, -0.05) is 80.6 Å². The molecule has 0 aliphatic carbocycles. The molecule has 3 aromatic carbocycles. The van der Waals surface area contributed by atoms with E-state index in [1.165, 1.54) is 15.9 Å². The fourth-order valence-electron chi connectivity index (χ4n) is 3.30. The average molecular weight is 345 g/mol. The van der Waals surface area contributed by atoms with Gasteiger partial charge in [-0.3, -0.25) is 0 Å². The Balaban J connectivity index is 2.24. The predicted octanol–water partition coefficient (Wildman–Crippen LogP) is 5.19. The number of rotatable bonds is 6. The molecule has 0 bridgehead atoms. The van der Waals surface area contributed by atoms with E-state index in [4.69, 9.17) is 0 Å². The second-order valence-corrected chi connectivity index (χ2v) is 10.2. The van der Waals surface area contributed by atoms with Crippen LogP contribution in [-0.4, -0.2) is 6.16 Å². The van der Waals surface area contributed by atoms with Gasteiger partial charge in [0.05, 0.1) is 6.16 Å². The molecule has 0 radical (unpaired) electrons. The van der Waals surface area contributed by atoms with Crippen molar-refractivity contribution in [3.63, 3.8) is 0 Å². The van der Waals surface area contributed by atoms with Gasteiger partial charge in [0.25, 0.3) is 0 Å². The Labute approximate surface area is 152 Å². The Kier molecular flexibility index (Phi) is 5.84. The lowest BCUT2D eigenvalue weighted by atomic mass is 10.2. The number of allylic oxidation sites excluding steroid dienone is 2. The number of hydrogen-bond acceptors (Lipinski definition) is 0. The highest BCUT2D eigenvalue weighted by Gasteiger charge is 2.43. The first-order chi connectivity index (χ1) is 12.2. The van der Waals surface area contributed by atoms with E-state index in [-0.39, 0.29) is 0 Å². The molecular weight excluding hydrogens is 319 g/mol. The molecule has 0 saturated carbocycles. The van der Waals surface area contributed by atoms with Gasteiger partial charge in [-0.2, -0.15) is 0 Å². The van der Waals surface area contributed by atoms with Gasteiger partial charge < -0.3 is 0 Å². The first-order valence-electron chi connectivity index (χ1n) is 8.95. The van der Waals surface area contributed by atoms with Gasteiger partial charge in [0.15, 0.2) is 0 Å². The monoisotopic (exact) mass is 345 g/mol. The van der Waals surface area contributed by atoms with Crippen molar-refractivity contribution >= 4 is 23.2 Å². The Hall–Kier alpha value is -2.17. The molecule has 0 fully saturated rings. The van der Waals surface area contributed by atoms with E-state index in [0.717, 1.165) is 6.16 Å². The molecule has 0 atom stereocenters. The van der Waals surface area contributed by atoms with Crippen LogP contribution in [0.2, 0.25) is 0 Å². The number of hydrogen-bond donors (Lipinski definition) is 0. The summed E-state index contributed by atoms with van der Waals surface area (Å²) in [4.78, 5) is 0. The highest BCUT2D eigenvalue weighted by molar-refractivity contribution is 7.95. The van der Waals surface area contributed by atoms with Gasteiger partial charge in [0.1, 0.15) is 23.2 Å². The van der Waals surface area contributed by atoms with E-state index in [9.17, 15) is 0 Å². The first-order valence-corrected chi connectivity index (χ1v) is 10.9. The first kappa shape index (κ1) is 17.6.